The molecule has 0 unspecified atom stereocenters. The molecule has 0 saturated carbocycles. The molecule has 0 bridgehead atoms. The summed E-state index contributed by atoms with van der Waals surface area (Å²) in [6.45, 7) is 6.27. The molecule has 0 aliphatic heterocycles. The zero-order valence-corrected chi connectivity index (χ0v) is 7.26. The van der Waals surface area contributed by atoms with Crippen LogP contribution >= 0.6 is 0 Å². The molecule has 58 valence electrons. The second kappa shape index (κ2) is 3.33. The largest absolute Gasteiger partial charge is 0.264 e. The van der Waals surface area contributed by atoms with E-state index in [9.17, 15) is 0 Å². The molecule has 0 aliphatic carbocycles. The molecule has 1 aromatic rings. The number of rotatable bonds is 1. The van der Waals surface area contributed by atoms with Gasteiger partial charge in [-0.05, 0) is 38.0 Å². The third-order valence-corrected chi connectivity index (χ3v) is 1.51. The number of allylic oxidation sites excluding steroid dienone is 1. The molecular weight excluding hydrogens is 134 g/mol. The van der Waals surface area contributed by atoms with E-state index in [1.807, 2.05) is 18.5 Å². The fourth-order valence-electron chi connectivity index (χ4n) is 0.957. The standard InChI is InChI=1S/C10H13N/c1-8(2)6-10-4-5-11-7-9(10)3/h4-7H,1-3H3. The molecule has 0 spiro atoms. The summed E-state index contributed by atoms with van der Waals surface area (Å²) in [5.41, 5.74) is 3.81. The Bertz CT molecular complexity index is 270. The van der Waals surface area contributed by atoms with Gasteiger partial charge in [-0.2, -0.15) is 0 Å². The monoisotopic (exact) mass is 147 g/mol. The molecule has 11 heavy (non-hydrogen) atoms. The molecule has 0 aromatic carbocycles. The van der Waals surface area contributed by atoms with Gasteiger partial charge in [0.05, 0.1) is 0 Å². The highest BCUT2D eigenvalue weighted by atomic mass is 14.6. The lowest BCUT2D eigenvalue weighted by Gasteiger charge is -1.98. The maximum absolute atomic E-state index is 4.02. The van der Waals surface area contributed by atoms with Crippen molar-refractivity contribution in [2.45, 2.75) is 20.8 Å². The van der Waals surface area contributed by atoms with Gasteiger partial charge in [0.25, 0.3) is 0 Å². The molecule has 0 fully saturated rings. The van der Waals surface area contributed by atoms with Crippen LogP contribution in [0.4, 0.5) is 0 Å². The zero-order chi connectivity index (χ0) is 8.27. The second-order valence-corrected chi connectivity index (χ2v) is 2.95. The van der Waals surface area contributed by atoms with Crippen molar-refractivity contribution in [2.75, 3.05) is 0 Å². The molecule has 1 heterocycles. The SMILES string of the molecule is CC(C)=Cc1ccncc1C. The molecule has 0 amide bonds. The zero-order valence-electron chi connectivity index (χ0n) is 7.26. The van der Waals surface area contributed by atoms with Gasteiger partial charge in [-0.1, -0.05) is 11.6 Å². The minimum atomic E-state index is 1.23. The molecule has 0 N–H and O–H groups in total. The summed E-state index contributed by atoms with van der Waals surface area (Å²) in [6.07, 6.45) is 5.87. The van der Waals surface area contributed by atoms with E-state index in [0.717, 1.165) is 0 Å². The minimum Gasteiger partial charge on any atom is -0.264 e. The Morgan fingerprint density at radius 2 is 2.18 bits per heavy atom. The molecule has 0 atom stereocenters. The summed E-state index contributed by atoms with van der Waals surface area (Å²) >= 11 is 0. The van der Waals surface area contributed by atoms with Crippen LogP contribution in [-0.2, 0) is 0 Å². The number of hydrogen-bond donors (Lipinski definition) is 0. The van der Waals surface area contributed by atoms with Gasteiger partial charge in [-0.3, -0.25) is 4.98 Å². The number of nitrogens with zero attached hydrogens (tertiary/aromatic N) is 1. The van der Waals surface area contributed by atoms with Gasteiger partial charge in [0, 0.05) is 12.4 Å². The summed E-state index contributed by atoms with van der Waals surface area (Å²) in [7, 11) is 0. The van der Waals surface area contributed by atoms with Crippen molar-refractivity contribution in [3.05, 3.63) is 35.2 Å². The van der Waals surface area contributed by atoms with Crippen molar-refractivity contribution in [1.82, 2.24) is 4.98 Å². The Morgan fingerprint density at radius 1 is 1.45 bits per heavy atom. The fourth-order valence-corrected chi connectivity index (χ4v) is 0.957. The molecule has 1 aromatic heterocycles. The normalized spacial score (nSPS) is 9.36. The smallest absolute Gasteiger partial charge is 0.0303 e. The summed E-state index contributed by atoms with van der Waals surface area (Å²) in [5, 5.41) is 0. The maximum atomic E-state index is 4.02. The Hall–Kier alpha value is -1.11. The van der Waals surface area contributed by atoms with E-state index in [4.69, 9.17) is 0 Å². The highest BCUT2D eigenvalue weighted by molar-refractivity contribution is 5.54. The van der Waals surface area contributed by atoms with Gasteiger partial charge in [0.2, 0.25) is 0 Å². The van der Waals surface area contributed by atoms with Gasteiger partial charge in [0.15, 0.2) is 0 Å². The Kier molecular flexibility index (Phi) is 2.42. The Labute approximate surface area is 67.8 Å². The number of aromatic nitrogens is 1. The van der Waals surface area contributed by atoms with Crippen molar-refractivity contribution in [3.63, 3.8) is 0 Å². The summed E-state index contributed by atoms with van der Waals surface area (Å²) in [4.78, 5) is 4.02. The number of aryl methyl sites for hydroxylation is 1. The first-order valence-corrected chi connectivity index (χ1v) is 3.75. The summed E-state index contributed by atoms with van der Waals surface area (Å²) in [6, 6.07) is 2.03. The lowest BCUT2D eigenvalue weighted by Crippen LogP contribution is -1.81. The van der Waals surface area contributed by atoms with Crippen molar-refractivity contribution in [1.29, 1.82) is 0 Å². The molecule has 1 nitrogen and oxygen atoms in total. The molecule has 1 rings (SSSR count). The van der Waals surface area contributed by atoms with Crippen molar-refractivity contribution in [3.8, 4) is 0 Å². The van der Waals surface area contributed by atoms with Gasteiger partial charge in [-0.25, -0.2) is 0 Å². The van der Waals surface area contributed by atoms with Gasteiger partial charge in [0.1, 0.15) is 0 Å². The molecular formula is C10H13N. The topological polar surface area (TPSA) is 12.9 Å². The fraction of sp³-hybridized carbons (Fsp3) is 0.300. The number of hydrogen-bond acceptors (Lipinski definition) is 1. The van der Waals surface area contributed by atoms with Crippen LogP contribution in [0.2, 0.25) is 0 Å². The predicted molar refractivity (Wildman–Crippen MR) is 48.3 cm³/mol. The van der Waals surface area contributed by atoms with Crippen LogP contribution in [0.3, 0.4) is 0 Å². The molecule has 0 aliphatic rings. The third-order valence-electron chi connectivity index (χ3n) is 1.51. The Balaban J connectivity index is 3.04. The van der Waals surface area contributed by atoms with E-state index in [1.165, 1.54) is 16.7 Å². The van der Waals surface area contributed by atoms with E-state index >= 15 is 0 Å². The highest BCUT2D eigenvalue weighted by Crippen LogP contribution is 2.09. The van der Waals surface area contributed by atoms with Crippen molar-refractivity contribution in [2.24, 2.45) is 0 Å². The van der Waals surface area contributed by atoms with Gasteiger partial charge < -0.3 is 0 Å². The average molecular weight is 147 g/mol. The van der Waals surface area contributed by atoms with Crippen LogP contribution in [0.5, 0.6) is 0 Å². The quantitative estimate of drug-likeness (QED) is 0.595. The van der Waals surface area contributed by atoms with E-state index in [-0.39, 0.29) is 0 Å². The summed E-state index contributed by atoms with van der Waals surface area (Å²) in [5.74, 6) is 0. The molecule has 1 heteroatoms. The minimum absolute atomic E-state index is 1.23. The van der Waals surface area contributed by atoms with Crippen LogP contribution < -0.4 is 0 Å². The first-order chi connectivity index (χ1) is 5.20. The van der Waals surface area contributed by atoms with Crippen LogP contribution in [0.1, 0.15) is 25.0 Å². The van der Waals surface area contributed by atoms with E-state index in [0.29, 0.717) is 0 Å². The van der Waals surface area contributed by atoms with E-state index in [2.05, 4.69) is 31.8 Å². The maximum Gasteiger partial charge on any atom is 0.0303 e. The lowest BCUT2D eigenvalue weighted by atomic mass is 10.1. The molecule has 0 radical (unpaired) electrons. The first kappa shape index (κ1) is 7.99. The number of pyridine rings is 1. The lowest BCUT2D eigenvalue weighted by molar-refractivity contribution is 1.25. The Morgan fingerprint density at radius 3 is 2.73 bits per heavy atom. The van der Waals surface area contributed by atoms with Crippen molar-refractivity contribution >= 4 is 6.08 Å². The van der Waals surface area contributed by atoms with Crippen LogP contribution in [-0.4, -0.2) is 4.98 Å². The van der Waals surface area contributed by atoms with E-state index in [1.54, 1.807) is 0 Å². The first-order valence-electron chi connectivity index (χ1n) is 3.75. The molecule has 0 saturated heterocycles. The van der Waals surface area contributed by atoms with Gasteiger partial charge in [-0.15, -0.1) is 0 Å². The summed E-state index contributed by atoms with van der Waals surface area (Å²) < 4.78 is 0. The van der Waals surface area contributed by atoms with Gasteiger partial charge >= 0.3 is 0 Å². The van der Waals surface area contributed by atoms with Crippen molar-refractivity contribution < 1.29 is 0 Å². The third kappa shape index (κ3) is 2.19. The highest BCUT2D eigenvalue weighted by Gasteiger charge is 1.91. The average Bonchev–Trinajstić information content (AvgIpc) is 1.93. The predicted octanol–water partition coefficient (Wildman–Crippen LogP) is 2.81. The van der Waals surface area contributed by atoms with Crippen LogP contribution in [0.25, 0.3) is 6.08 Å². The van der Waals surface area contributed by atoms with Crippen LogP contribution in [0.15, 0.2) is 24.0 Å². The van der Waals surface area contributed by atoms with Crippen LogP contribution in [0, 0.1) is 6.92 Å². The van der Waals surface area contributed by atoms with E-state index < -0.39 is 0 Å². The second-order valence-electron chi connectivity index (χ2n) is 2.95.